The van der Waals surface area contributed by atoms with Gasteiger partial charge in [0.15, 0.2) is 11.8 Å². The maximum atomic E-state index is 5.37. The van der Waals surface area contributed by atoms with Crippen molar-refractivity contribution >= 4 is 5.96 Å². The standard InChI is InChI=1S/C18H28N6O2/c1-5-26-11-10-19-18(21-13-17-23-22-14(2)24(17)3)20-12-15-6-8-16(25-4)9-7-15/h6-9H,5,10-13H2,1-4H3,(H2,19,20,21). The van der Waals surface area contributed by atoms with E-state index in [0.717, 1.165) is 23.0 Å². The molecule has 0 saturated carbocycles. The average Bonchev–Trinajstić information content (AvgIpc) is 2.99. The number of aromatic nitrogens is 3. The Morgan fingerprint density at radius 1 is 1.19 bits per heavy atom. The van der Waals surface area contributed by atoms with E-state index in [9.17, 15) is 0 Å². The van der Waals surface area contributed by atoms with Crippen LogP contribution in [0.25, 0.3) is 0 Å². The molecule has 2 rings (SSSR count). The first-order valence-electron chi connectivity index (χ1n) is 8.71. The molecule has 2 N–H and O–H groups in total. The van der Waals surface area contributed by atoms with Gasteiger partial charge in [0.25, 0.3) is 0 Å². The van der Waals surface area contributed by atoms with Crippen LogP contribution in [0.15, 0.2) is 29.3 Å². The lowest BCUT2D eigenvalue weighted by molar-refractivity contribution is 0.152. The second-order valence-corrected chi connectivity index (χ2v) is 5.71. The molecule has 26 heavy (non-hydrogen) atoms. The third-order valence-electron chi connectivity index (χ3n) is 3.92. The molecule has 142 valence electrons. The molecule has 0 aliphatic rings. The minimum Gasteiger partial charge on any atom is -0.497 e. The lowest BCUT2D eigenvalue weighted by Gasteiger charge is -2.12. The summed E-state index contributed by atoms with van der Waals surface area (Å²) in [5.41, 5.74) is 1.10. The molecule has 0 aliphatic heterocycles. The largest absolute Gasteiger partial charge is 0.497 e. The number of methoxy groups -OCH3 is 1. The lowest BCUT2D eigenvalue weighted by atomic mass is 10.2. The quantitative estimate of drug-likeness (QED) is 0.399. The Balaban J connectivity index is 1.97. The number of nitrogens with one attached hydrogen (secondary N) is 2. The van der Waals surface area contributed by atoms with Gasteiger partial charge in [-0.3, -0.25) is 0 Å². The summed E-state index contributed by atoms with van der Waals surface area (Å²) in [6.45, 7) is 7.02. The Labute approximate surface area is 154 Å². The van der Waals surface area contributed by atoms with Gasteiger partial charge in [-0.2, -0.15) is 0 Å². The summed E-state index contributed by atoms with van der Waals surface area (Å²) in [6, 6.07) is 7.88. The molecule has 0 radical (unpaired) electrons. The molecule has 8 nitrogen and oxygen atoms in total. The topological polar surface area (TPSA) is 85.6 Å². The van der Waals surface area contributed by atoms with Crippen molar-refractivity contribution in [2.24, 2.45) is 12.0 Å². The van der Waals surface area contributed by atoms with Gasteiger partial charge < -0.3 is 24.7 Å². The van der Waals surface area contributed by atoms with Gasteiger partial charge >= 0.3 is 0 Å². The van der Waals surface area contributed by atoms with Gasteiger partial charge in [0.2, 0.25) is 0 Å². The molecule has 8 heteroatoms. The fourth-order valence-electron chi connectivity index (χ4n) is 2.23. The zero-order valence-corrected chi connectivity index (χ0v) is 16.0. The van der Waals surface area contributed by atoms with Crippen molar-refractivity contribution in [3.63, 3.8) is 0 Å². The summed E-state index contributed by atoms with van der Waals surface area (Å²) >= 11 is 0. The zero-order valence-electron chi connectivity index (χ0n) is 16.0. The van der Waals surface area contributed by atoms with Crippen LogP contribution in [0.1, 0.15) is 24.1 Å². The Morgan fingerprint density at radius 2 is 1.96 bits per heavy atom. The molecule has 0 unspecified atom stereocenters. The normalized spacial score (nSPS) is 11.5. The molecule has 0 fully saturated rings. The van der Waals surface area contributed by atoms with E-state index >= 15 is 0 Å². The molecular formula is C18H28N6O2. The van der Waals surface area contributed by atoms with Crippen LogP contribution in [0.5, 0.6) is 5.75 Å². The van der Waals surface area contributed by atoms with E-state index in [4.69, 9.17) is 9.47 Å². The third-order valence-corrected chi connectivity index (χ3v) is 3.92. The number of benzene rings is 1. The first-order valence-corrected chi connectivity index (χ1v) is 8.71. The van der Waals surface area contributed by atoms with Gasteiger partial charge in [0, 0.05) is 20.2 Å². The SMILES string of the molecule is CCOCCNC(=NCc1ccc(OC)cc1)NCc1nnc(C)n1C. The first-order chi connectivity index (χ1) is 12.6. The maximum absolute atomic E-state index is 5.37. The van der Waals surface area contributed by atoms with Crippen LogP contribution in [0, 0.1) is 6.92 Å². The predicted octanol–water partition coefficient (Wildman–Crippen LogP) is 1.40. The van der Waals surface area contributed by atoms with Gasteiger partial charge in [-0.1, -0.05) is 12.1 Å². The van der Waals surface area contributed by atoms with Crippen molar-refractivity contribution in [1.82, 2.24) is 25.4 Å². The number of hydrogen-bond donors (Lipinski definition) is 2. The van der Waals surface area contributed by atoms with Crippen LogP contribution in [0.3, 0.4) is 0 Å². The number of hydrogen-bond acceptors (Lipinski definition) is 5. The van der Waals surface area contributed by atoms with Crippen LogP contribution in [0.4, 0.5) is 0 Å². The second-order valence-electron chi connectivity index (χ2n) is 5.71. The number of aryl methyl sites for hydroxylation is 1. The Morgan fingerprint density at radius 3 is 2.58 bits per heavy atom. The van der Waals surface area contributed by atoms with Crippen molar-refractivity contribution in [1.29, 1.82) is 0 Å². The summed E-state index contributed by atoms with van der Waals surface area (Å²) in [4.78, 5) is 4.64. The van der Waals surface area contributed by atoms with Crippen molar-refractivity contribution in [3.05, 3.63) is 41.5 Å². The monoisotopic (exact) mass is 360 g/mol. The highest BCUT2D eigenvalue weighted by molar-refractivity contribution is 5.79. The minimum absolute atomic E-state index is 0.542. The molecule has 1 aromatic carbocycles. The molecule has 0 spiro atoms. The molecule has 0 bridgehead atoms. The average molecular weight is 360 g/mol. The molecule has 1 heterocycles. The van der Waals surface area contributed by atoms with Crippen molar-refractivity contribution < 1.29 is 9.47 Å². The fourth-order valence-corrected chi connectivity index (χ4v) is 2.23. The summed E-state index contributed by atoms with van der Waals surface area (Å²) in [5.74, 6) is 3.28. The van der Waals surface area contributed by atoms with E-state index in [1.807, 2.05) is 49.7 Å². The van der Waals surface area contributed by atoms with Crippen LogP contribution >= 0.6 is 0 Å². The van der Waals surface area contributed by atoms with E-state index in [1.54, 1.807) is 7.11 Å². The van der Waals surface area contributed by atoms with Gasteiger partial charge in [0.1, 0.15) is 11.6 Å². The molecule has 0 saturated heterocycles. The number of aliphatic imine (C=N–C) groups is 1. The van der Waals surface area contributed by atoms with Crippen LogP contribution in [0.2, 0.25) is 0 Å². The first kappa shape index (κ1) is 19.7. The minimum atomic E-state index is 0.542. The van der Waals surface area contributed by atoms with Gasteiger partial charge in [-0.25, -0.2) is 4.99 Å². The van der Waals surface area contributed by atoms with E-state index in [2.05, 4.69) is 25.8 Å². The van der Waals surface area contributed by atoms with Crippen LogP contribution in [-0.2, 0) is 24.9 Å². The van der Waals surface area contributed by atoms with Gasteiger partial charge in [-0.05, 0) is 31.5 Å². The summed E-state index contributed by atoms with van der Waals surface area (Å²) in [7, 11) is 3.61. The van der Waals surface area contributed by atoms with Crippen molar-refractivity contribution in [2.45, 2.75) is 26.9 Å². The highest BCUT2D eigenvalue weighted by Gasteiger charge is 2.06. The van der Waals surface area contributed by atoms with Crippen molar-refractivity contribution in [2.75, 3.05) is 26.9 Å². The third kappa shape index (κ3) is 6.03. The second kappa shape index (κ2) is 10.4. The molecule has 0 atom stereocenters. The molecule has 1 aromatic heterocycles. The molecular weight excluding hydrogens is 332 g/mol. The lowest BCUT2D eigenvalue weighted by Crippen LogP contribution is -2.39. The van der Waals surface area contributed by atoms with Crippen molar-refractivity contribution in [3.8, 4) is 5.75 Å². The highest BCUT2D eigenvalue weighted by atomic mass is 16.5. The fraction of sp³-hybridized carbons (Fsp3) is 0.500. The highest BCUT2D eigenvalue weighted by Crippen LogP contribution is 2.11. The number of ether oxygens (including phenoxy) is 2. The van der Waals surface area contributed by atoms with E-state index in [-0.39, 0.29) is 0 Å². The Kier molecular flexibility index (Phi) is 7.88. The van der Waals surface area contributed by atoms with E-state index in [0.29, 0.717) is 38.8 Å². The Bertz CT molecular complexity index is 696. The summed E-state index contributed by atoms with van der Waals surface area (Å²) in [5, 5.41) is 14.8. The maximum Gasteiger partial charge on any atom is 0.192 e. The predicted molar refractivity (Wildman–Crippen MR) is 101 cm³/mol. The van der Waals surface area contributed by atoms with E-state index in [1.165, 1.54) is 0 Å². The van der Waals surface area contributed by atoms with Gasteiger partial charge in [-0.15, -0.1) is 10.2 Å². The number of rotatable bonds is 9. The number of guanidine groups is 1. The smallest absolute Gasteiger partial charge is 0.192 e. The summed E-state index contributed by atoms with van der Waals surface area (Å²) < 4.78 is 12.5. The number of nitrogens with zero attached hydrogens (tertiary/aromatic N) is 4. The van der Waals surface area contributed by atoms with Gasteiger partial charge in [0.05, 0.1) is 26.8 Å². The Hall–Kier alpha value is -2.61. The van der Waals surface area contributed by atoms with Crippen LogP contribution < -0.4 is 15.4 Å². The summed E-state index contributed by atoms with van der Waals surface area (Å²) in [6.07, 6.45) is 0. The zero-order chi connectivity index (χ0) is 18.8. The molecule has 2 aromatic rings. The van der Waals surface area contributed by atoms with E-state index < -0.39 is 0 Å². The molecule has 0 amide bonds. The molecule has 0 aliphatic carbocycles. The van der Waals surface area contributed by atoms with Crippen LogP contribution in [-0.4, -0.2) is 47.6 Å².